The van der Waals surface area contributed by atoms with Gasteiger partial charge in [0.2, 0.25) is 0 Å². The van der Waals surface area contributed by atoms with Gasteiger partial charge < -0.3 is 10.1 Å². The van der Waals surface area contributed by atoms with Gasteiger partial charge in [0.05, 0.1) is 12.1 Å². The molecule has 0 heterocycles. The third-order valence-electron chi connectivity index (χ3n) is 3.36. The second-order valence-electron chi connectivity index (χ2n) is 4.84. The normalized spacial score (nSPS) is 12.2. The summed E-state index contributed by atoms with van der Waals surface area (Å²) in [5.41, 5.74) is 2.34. The van der Waals surface area contributed by atoms with Crippen molar-refractivity contribution in [2.75, 3.05) is 13.7 Å². The van der Waals surface area contributed by atoms with Crippen molar-refractivity contribution in [1.29, 1.82) is 0 Å². The Morgan fingerprint density at radius 2 is 1.95 bits per heavy atom. The Labute approximate surface area is 136 Å². The highest BCUT2D eigenvalue weighted by Crippen LogP contribution is 2.29. The monoisotopic (exact) mass is 323 g/mol. The Morgan fingerprint density at radius 3 is 2.57 bits per heavy atom. The molecule has 2 nitrogen and oxygen atoms in total. The minimum Gasteiger partial charge on any atom is -0.495 e. The van der Waals surface area contributed by atoms with Crippen LogP contribution in [0.4, 0.5) is 0 Å². The summed E-state index contributed by atoms with van der Waals surface area (Å²) in [7, 11) is 1.62. The van der Waals surface area contributed by atoms with Crippen LogP contribution < -0.4 is 10.1 Å². The quantitative estimate of drug-likeness (QED) is 0.816. The van der Waals surface area contributed by atoms with E-state index in [-0.39, 0.29) is 6.04 Å². The molecule has 2 aromatic carbocycles. The maximum Gasteiger partial charge on any atom is 0.137 e. The van der Waals surface area contributed by atoms with E-state index in [4.69, 9.17) is 27.9 Å². The molecule has 2 aromatic rings. The van der Waals surface area contributed by atoms with Gasteiger partial charge in [-0.3, -0.25) is 0 Å². The SMILES string of the molecule is CCNC(Cc1cccc(Cl)c1)c1ccc(OC)c(Cl)c1. The highest BCUT2D eigenvalue weighted by atomic mass is 35.5. The molecule has 0 saturated heterocycles. The number of benzene rings is 2. The van der Waals surface area contributed by atoms with E-state index in [1.165, 1.54) is 5.56 Å². The molecule has 0 spiro atoms. The van der Waals surface area contributed by atoms with Gasteiger partial charge in [-0.2, -0.15) is 0 Å². The molecule has 0 radical (unpaired) electrons. The van der Waals surface area contributed by atoms with Crippen molar-refractivity contribution in [3.63, 3.8) is 0 Å². The highest BCUT2D eigenvalue weighted by Gasteiger charge is 2.13. The lowest BCUT2D eigenvalue weighted by molar-refractivity contribution is 0.414. The van der Waals surface area contributed by atoms with Gasteiger partial charge in [-0.05, 0) is 48.4 Å². The van der Waals surface area contributed by atoms with Gasteiger partial charge in [0.1, 0.15) is 5.75 Å². The fourth-order valence-corrected chi connectivity index (χ4v) is 2.83. The molecule has 1 unspecified atom stereocenters. The molecule has 0 saturated carbocycles. The minimum absolute atomic E-state index is 0.192. The first-order valence-electron chi connectivity index (χ1n) is 6.95. The summed E-state index contributed by atoms with van der Waals surface area (Å²) in [4.78, 5) is 0. The van der Waals surface area contributed by atoms with E-state index in [0.717, 1.165) is 23.6 Å². The van der Waals surface area contributed by atoms with Crippen LogP contribution >= 0.6 is 23.2 Å². The minimum atomic E-state index is 0.192. The average molecular weight is 324 g/mol. The molecule has 0 bridgehead atoms. The first-order chi connectivity index (χ1) is 10.1. The van der Waals surface area contributed by atoms with Crippen LogP contribution in [0, 0.1) is 0 Å². The van der Waals surface area contributed by atoms with Crippen LogP contribution in [0.1, 0.15) is 24.1 Å². The average Bonchev–Trinajstić information content (AvgIpc) is 2.47. The van der Waals surface area contributed by atoms with E-state index in [1.807, 2.05) is 36.4 Å². The molecular formula is C17H19Cl2NO. The molecule has 0 aromatic heterocycles. The lowest BCUT2D eigenvalue weighted by Crippen LogP contribution is -2.23. The largest absolute Gasteiger partial charge is 0.495 e. The van der Waals surface area contributed by atoms with Crippen LogP contribution in [0.15, 0.2) is 42.5 Å². The zero-order valence-electron chi connectivity index (χ0n) is 12.2. The predicted octanol–water partition coefficient (Wildman–Crippen LogP) is 4.90. The molecule has 21 heavy (non-hydrogen) atoms. The fraction of sp³-hybridized carbons (Fsp3) is 0.294. The smallest absolute Gasteiger partial charge is 0.137 e. The predicted molar refractivity (Wildman–Crippen MR) is 89.6 cm³/mol. The van der Waals surface area contributed by atoms with Crippen molar-refractivity contribution >= 4 is 23.2 Å². The zero-order valence-corrected chi connectivity index (χ0v) is 13.7. The van der Waals surface area contributed by atoms with Gasteiger partial charge in [0, 0.05) is 11.1 Å². The van der Waals surface area contributed by atoms with Gasteiger partial charge >= 0.3 is 0 Å². The molecule has 0 aliphatic heterocycles. The summed E-state index contributed by atoms with van der Waals surface area (Å²) in [6, 6.07) is 14.0. The van der Waals surface area contributed by atoms with Gasteiger partial charge in [0.15, 0.2) is 0 Å². The first-order valence-corrected chi connectivity index (χ1v) is 7.71. The number of likely N-dealkylation sites (N-methyl/N-ethyl adjacent to an activating group) is 1. The molecule has 0 aliphatic rings. The maximum absolute atomic E-state index is 6.23. The van der Waals surface area contributed by atoms with E-state index in [0.29, 0.717) is 10.8 Å². The second kappa shape index (κ2) is 7.69. The maximum atomic E-state index is 6.23. The van der Waals surface area contributed by atoms with Crippen LogP contribution in [-0.4, -0.2) is 13.7 Å². The van der Waals surface area contributed by atoms with Gasteiger partial charge in [-0.1, -0.05) is 48.3 Å². The lowest BCUT2D eigenvalue weighted by Gasteiger charge is -2.19. The van der Waals surface area contributed by atoms with Crippen LogP contribution in [-0.2, 0) is 6.42 Å². The lowest BCUT2D eigenvalue weighted by atomic mass is 9.98. The summed E-state index contributed by atoms with van der Waals surface area (Å²) in [6.07, 6.45) is 0.858. The van der Waals surface area contributed by atoms with E-state index in [2.05, 4.69) is 18.3 Å². The molecule has 0 amide bonds. The van der Waals surface area contributed by atoms with Crippen molar-refractivity contribution in [3.8, 4) is 5.75 Å². The standard InChI is InChI=1S/C17H19Cl2NO/c1-3-20-16(10-12-5-4-6-14(18)9-12)13-7-8-17(21-2)15(19)11-13/h4-9,11,16,20H,3,10H2,1-2H3. The summed E-state index contributed by atoms with van der Waals surface area (Å²) in [6.45, 7) is 2.98. The van der Waals surface area contributed by atoms with E-state index in [1.54, 1.807) is 7.11 Å². The Kier molecular flexibility index (Phi) is 5.92. The molecular weight excluding hydrogens is 305 g/mol. The van der Waals surface area contributed by atoms with E-state index >= 15 is 0 Å². The zero-order chi connectivity index (χ0) is 15.2. The van der Waals surface area contributed by atoms with Gasteiger partial charge in [0.25, 0.3) is 0 Å². The number of methoxy groups -OCH3 is 1. The number of hydrogen-bond acceptors (Lipinski definition) is 2. The van der Waals surface area contributed by atoms with Gasteiger partial charge in [-0.15, -0.1) is 0 Å². The Morgan fingerprint density at radius 1 is 1.14 bits per heavy atom. The fourth-order valence-electron chi connectivity index (χ4n) is 2.35. The van der Waals surface area contributed by atoms with E-state index < -0.39 is 0 Å². The number of ether oxygens (including phenoxy) is 1. The Balaban J connectivity index is 2.24. The molecule has 1 N–H and O–H groups in total. The van der Waals surface area contributed by atoms with Crippen molar-refractivity contribution in [1.82, 2.24) is 5.32 Å². The number of nitrogens with one attached hydrogen (secondary N) is 1. The van der Waals surface area contributed by atoms with Crippen LogP contribution in [0.5, 0.6) is 5.75 Å². The summed E-state index contributed by atoms with van der Waals surface area (Å²) < 4.78 is 5.20. The molecule has 4 heteroatoms. The third-order valence-corrected chi connectivity index (χ3v) is 3.89. The highest BCUT2D eigenvalue weighted by molar-refractivity contribution is 6.32. The number of hydrogen-bond donors (Lipinski definition) is 1. The topological polar surface area (TPSA) is 21.3 Å². The molecule has 0 fully saturated rings. The summed E-state index contributed by atoms with van der Waals surface area (Å²) in [5.74, 6) is 0.693. The first kappa shape index (κ1) is 16.2. The summed E-state index contributed by atoms with van der Waals surface area (Å²) in [5, 5.41) is 4.88. The van der Waals surface area contributed by atoms with Crippen molar-refractivity contribution in [3.05, 3.63) is 63.6 Å². The summed E-state index contributed by atoms with van der Waals surface area (Å²) >= 11 is 12.3. The number of halogens is 2. The molecule has 112 valence electrons. The van der Waals surface area contributed by atoms with Crippen molar-refractivity contribution < 1.29 is 4.74 Å². The van der Waals surface area contributed by atoms with Crippen LogP contribution in [0.25, 0.3) is 0 Å². The second-order valence-corrected chi connectivity index (χ2v) is 5.68. The molecule has 2 rings (SSSR count). The number of rotatable bonds is 6. The molecule has 1 atom stereocenters. The van der Waals surface area contributed by atoms with Crippen molar-refractivity contribution in [2.45, 2.75) is 19.4 Å². The van der Waals surface area contributed by atoms with Gasteiger partial charge in [-0.25, -0.2) is 0 Å². The Hall–Kier alpha value is -1.22. The van der Waals surface area contributed by atoms with E-state index in [9.17, 15) is 0 Å². The van der Waals surface area contributed by atoms with Crippen molar-refractivity contribution in [2.24, 2.45) is 0 Å². The Bertz CT molecular complexity index is 601. The van der Waals surface area contributed by atoms with Crippen LogP contribution in [0.2, 0.25) is 10.0 Å². The third kappa shape index (κ3) is 4.37. The molecule has 0 aliphatic carbocycles. The van der Waals surface area contributed by atoms with Crippen LogP contribution in [0.3, 0.4) is 0 Å².